The summed E-state index contributed by atoms with van der Waals surface area (Å²) in [5, 5.41) is 3.54. The van der Waals surface area contributed by atoms with Crippen LogP contribution < -0.4 is 5.32 Å². The first kappa shape index (κ1) is 22.8. The lowest BCUT2D eigenvalue weighted by atomic mass is 9.85. The molecule has 1 aromatic heterocycles. The average Bonchev–Trinajstić information content (AvgIpc) is 2.72. The van der Waals surface area contributed by atoms with Crippen molar-refractivity contribution in [2.24, 2.45) is 5.92 Å². The number of allylic oxidation sites excluding steroid dienone is 2. The number of nitrogens with one attached hydrogen (secondary N) is 1. The Morgan fingerprint density at radius 3 is 2.65 bits per heavy atom. The highest BCUT2D eigenvalue weighted by Crippen LogP contribution is 2.40. The molecule has 1 aliphatic rings. The molecule has 0 saturated heterocycles. The summed E-state index contributed by atoms with van der Waals surface area (Å²) >= 11 is 0. The second-order valence-electron chi connectivity index (χ2n) is 8.21. The quantitative estimate of drug-likeness (QED) is 0.751. The minimum absolute atomic E-state index is 0.0285. The van der Waals surface area contributed by atoms with Gasteiger partial charge in [0.05, 0.1) is 17.0 Å². The molecule has 2 unspecified atom stereocenters. The highest BCUT2D eigenvalue weighted by molar-refractivity contribution is 5.99. The molecule has 2 aromatic rings. The summed E-state index contributed by atoms with van der Waals surface area (Å²) in [7, 11) is 3.32. The number of carbonyl (C=O) groups excluding carboxylic acids is 2. The normalized spacial score (nSPS) is 17.7. The zero-order valence-electron chi connectivity index (χ0n) is 17.8. The number of hydrogen-bond acceptors (Lipinski definition) is 3. The van der Waals surface area contributed by atoms with E-state index in [2.05, 4.69) is 10.3 Å². The Labute approximate surface area is 179 Å². The maximum Gasteiger partial charge on any atom is 0.392 e. The number of pyridine rings is 1. The van der Waals surface area contributed by atoms with E-state index >= 15 is 0 Å². The van der Waals surface area contributed by atoms with Crippen LogP contribution in [0.4, 0.5) is 13.2 Å². The predicted octanol–water partition coefficient (Wildman–Crippen LogP) is 4.58. The maximum atomic E-state index is 12.9. The third-order valence-corrected chi connectivity index (χ3v) is 5.55. The van der Waals surface area contributed by atoms with Crippen molar-refractivity contribution in [3.63, 3.8) is 0 Å². The van der Waals surface area contributed by atoms with Gasteiger partial charge in [-0.05, 0) is 37.8 Å². The number of hydrogen-bond donors (Lipinski definition) is 1. The zero-order chi connectivity index (χ0) is 22.8. The topological polar surface area (TPSA) is 62.3 Å². The van der Waals surface area contributed by atoms with Crippen molar-refractivity contribution in [3.05, 3.63) is 47.7 Å². The SMILES string of the molecule is CC(CC(=O)N(C)C)NC(=O)c1cnc2c(C3=CCC(C(F)(F)F)CC3)cccc2c1. The number of carbonyl (C=O) groups is 2. The van der Waals surface area contributed by atoms with Gasteiger partial charge in [0.1, 0.15) is 0 Å². The van der Waals surface area contributed by atoms with Crippen molar-refractivity contribution < 1.29 is 22.8 Å². The van der Waals surface area contributed by atoms with Crippen molar-refractivity contribution in [3.8, 4) is 0 Å². The van der Waals surface area contributed by atoms with Crippen molar-refractivity contribution >= 4 is 28.3 Å². The molecule has 0 radical (unpaired) electrons. The van der Waals surface area contributed by atoms with E-state index in [9.17, 15) is 22.8 Å². The molecule has 1 aliphatic carbocycles. The Bertz CT molecular complexity index is 1010. The van der Waals surface area contributed by atoms with E-state index in [0.29, 0.717) is 17.5 Å². The third-order valence-electron chi connectivity index (χ3n) is 5.55. The second kappa shape index (κ2) is 9.08. The fourth-order valence-corrected chi connectivity index (χ4v) is 3.72. The van der Waals surface area contributed by atoms with Crippen LogP contribution in [0, 0.1) is 5.92 Å². The first-order valence-corrected chi connectivity index (χ1v) is 10.2. The molecule has 1 N–H and O–H groups in total. The minimum Gasteiger partial charge on any atom is -0.349 e. The van der Waals surface area contributed by atoms with E-state index in [0.717, 1.165) is 16.5 Å². The molecule has 31 heavy (non-hydrogen) atoms. The van der Waals surface area contributed by atoms with Crippen LogP contribution >= 0.6 is 0 Å². The standard InChI is InChI=1S/C23H26F3N3O2/c1-14(11-20(30)29(2)3)28-22(31)17-12-16-5-4-6-19(21(16)27-13-17)15-7-9-18(10-8-15)23(24,25)26/h4-7,12-14,18H,8-11H2,1-3H3,(H,28,31). The summed E-state index contributed by atoms with van der Waals surface area (Å²) in [4.78, 5) is 30.3. The number of halogens is 3. The second-order valence-corrected chi connectivity index (χ2v) is 8.21. The summed E-state index contributed by atoms with van der Waals surface area (Å²) in [6, 6.07) is 6.87. The third kappa shape index (κ3) is 5.42. The van der Waals surface area contributed by atoms with Gasteiger partial charge in [0.25, 0.3) is 5.91 Å². The molecule has 1 aromatic carbocycles. The number of aromatic nitrogens is 1. The predicted molar refractivity (Wildman–Crippen MR) is 113 cm³/mol. The van der Waals surface area contributed by atoms with Gasteiger partial charge in [-0.1, -0.05) is 24.3 Å². The molecule has 0 spiro atoms. The first-order chi connectivity index (χ1) is 14.6. The molecule has 0 bridgehead atoms. The van der Waals surface area contributed by atoms with Gasteiger partial charge in [0.2, 0.25) is 5.91 Å². The van der Waals surface area contributed by atoms with E-state index in [1.807, 2.05) is 18.2 Å². The highest BCUT2D eigenvalue weighted by atomic mass is 19.4. The molecule has 0 saturated carbocycles. The van der Waals surface area contributed by atoms with Crippen molar-refractivity contribution in [1.29, 1.82) is 0 Å². The summed E-state index contributed by atoms with van der Waals surface area (Å²) in [6.07, 6.45) is -0.488. The van der Waals surface area contributed by atoms with E-state index < -0.39 is 12.1 Å². The van der Waals surface area contributed by atoms with Crippen LogP contribution in [0.5, 0.6) is 0 Å². The molecule has 8 heteroatoms. The van der Waals surface area contributed by atoms with E-state index in [-0.39, 0.29) is 37.1 Å². The van der Waals surface area contributed by atoms with Gasteiger partial charge in [-0.15, -0.1) is 0 Å². The van der Waals surface area contributed by atoms with Crippen LogP contribution in [0.25, 0.3) is 16.5 Å². The van der Waals surface area contributed by atoms with Crippen molar-refractivity contribution in [2.75, 3.05) is 14.1 Å². The number of para-hydroxylation sites is 1. The van der Waals surface area contributed by atoms with Crippen LogP contribution in [0.15, 0.2) is 36.5 Å². The molecule has 166 valence electrons. The Hall–Kier alpha value is -2.90. The number of amides is 2. The molecule has 3 rings (SSSR count). The van der Waals surface area contributed by atoms with Gasteiger partial charge >= 0.3 is 6.18 Å². The van der Waals surface area contributed by atoms with Crippen LogP contribution in [0.1, 0.15) is 48.5 Å². The van der Waals surface area contributed by atoms with Gasteiger partial charge in [0, 0.05) is 43.7 Å². The smallest absolute Gasteiger partial charge is 0.349 e. The number of nitrogens with zero attached hydrogens (tertiary/aromatic N) is 2. The Morgan fingerprint density at radius 2 is 2.03 bits per heavy atom. The van der Waals surface area contributed by atoms with Crippen LogP contribution in [-0.2, 0) is 4.79 Å². The summed E-state index contributed by atoms with van der Waals surface area (Å²) < 4.78 is 38.8. The van der Waals surface area contributed by atoms with Gasteiger partial charge in [-0.2, -0.15) is 13.2 Å². The average molecular weight is 433 g/mol. The zero-order valence-corrected chi connectivity index (χ0v) is 17.8. The maximum absolute atomic E-state index is 12.9. The summed E-state index contributed by atoms with van der Waals surface area (Å²) in [5.74, 6) is -1.71. The Kier molecular flexibility index (Phi) is 6.67. The van der Waals surface area contributed by atoms with Gasteiger partial charge in [-0.3, -0.25) is 14.6 Å². The van der Waals surface area contributed by atoms with Crippen LogP contribution in [0.3, 0.4) is 0 Å². The molecule has 0 aliphatic heterocycles. The molecular formula is C23H26F3N3O2. The lowest BCUT2D eigenvalue weighted by molar-refractivity contribution is -0.175. The number of benzene rings is 1. The van der Waals surface area contributed by atoms with Crippen molar-refractivity contribution in [2.45, 2.75) is 44.8 Å². The van der Waals surface area contributed by atoms with E-state index in [1.165, 1.54) is 11.1 Å². The molecule has 1 heterocycles. The van der Waals surface area contributed by atoms with Gasteiger partial charge in [0.15, 0.2) is 0 Å². The molecule has 5 nitrogen and oxygen atoms in total. The fraction of sp³-hybridized carbons (Fsp3) is 0.435. The number of rotatable bonds is 5. The van der Waals surface area contributed by atoms with E-state index in [4.69, 9.17) is 0 Å². The van der Waals surface area contributed by atoms with Crippen LogP contribution in [0.2, 0.25) is 0 Å². The molecule has 2 atom stereocenters. The molecular weight excluding hydrogens is 407 g/mol. The monoisotopic (exact) mass is 433 g/mol. The van der Waals surface area contributed by atoms with E-state index in [1.54, 1.807) is 33.2 Å². The summed E-state index contributed by atoms with van der Waals surface area (Å²) in [5.41, 5.74) is 2.68. The molecule has 0 fully saturated rings. The Balaban J connectivity index is 1.78. The number of fused-ring (bicyclic) bond motifs is 1. The van der Waals surface area contributed by atoms with Gasteiger partial charge < -0.3 is 10.2 Å². The summed E-state index contributed by atoms with van der Waals surface area (Å²) in [6.45, 7) is 1.76. The highest BCUT2D eigenvalue weighted by Gasteiger charge is 2.39. The van der Waals surface area contributed by atoms with Gasteiger partial charge in [-0.25, -0.2) is 0 Å². The fourth-order valence-electron chi connectivity index (χ4n) is 3.72. The Morgan fingerprint density at radius 1 is 1.29 bits per heavy atom. The number of alkyl halides is 3. The largest absolute Gasteiger partial charge is 0.392 e. The lowest BCUT2D eigenvalue weighted by Crippen LogP contribution is -2.37. The van der Waals surface area contributed by atoms with Crippen molar-refractivity contribution in [1.82, 2.24) is 15.2 Å². The lowest BCUT2D eigenvalue weighted by Gasteiger charge is -2.24. The first-order valence-electron chi connectivity index (χ1n) is 10.2. The molecule has 2 amide bonds. The minimum atomic E-state index is -4.17. The van der Waals surface area contributed by atoms with Crippen LogP contribution in [-0.4, -0.2) is 48.0 Å².